The molecule has 2 rings (SSSR count). The molecule has 0 aromatic heterocycles. The van der Waals surface area contributed by atoms with Crippen LogP contribution in [0.15, 0.2) is 41.3 Å². The summed E-state index contributed by atoms with van der Waals surface area (Å²) in [7, 11) is 1.58. The van der Waals surface area contributed by atoms with E-state index in [0.29, 0.717) is 15.7 Å². The van der Waals surface area contributed by atoms with Crippen LogP contribution in [0.2, 0.25) is 5.02 Å². The first-order chi connectivity index (χ1) is 9.04. The van der Waals surface area contributed by atoms with E-state index in [1.54, 1.807) is 31.4 Å². The molecule has 5 heteroatoms. The molecule has 2 aromatic rings. The third kappa shape index (κ3) is 2.81. The van der Waals surface area contributed by atoms with Crippen molar-refractivity contribution >= 4 is 22.7 Å². The molecule has 0 bridgehead atoms. The minimum atomic E-state index is -1.98. The van der Waals surface area contributed by atoms with Gasteiger partial charge in [0.2, 0.25) is 0 Å². The Morgan fingerprint density at radius 1 is 1.26 bits per heavy atom. The minimum Gasteiger partial charge on any atom is -0.496 e. The van der Waals surface area contributed by atoms with E-state index < -0.39 is 11.1 Å². The topological polar surface area (TPSA) is 46.5 Å². The third-order valence-corrected chi connectivity index (χ3v) is 3.84. The summed E-state index contributed by atoms with van der Waals surface area (Å²) in [6.45, 7) is 1.87. The zero-order valence-electron chi connectivity index (χ0n) is 10.5. The summed E-state index contributed by atoms with van der Waals surface area (Å²) in [5.41, 5.74) is 2.54. The van der Waals surface area contributed by atoms with Gasteiger partial charge in [-0.05, 0) is 42.3 Å². The van der Waals surface area contributed by atoms with Crippen LogP contribution in [0.1, 0.15) is 5.56 Å². The highest BCUT2D eigenvalue weighted by molar-refractivity contribution is 7.79. The van der Waals surface area contributed by atoms with E-state index in [1.165, 1.54) is 0 Å². The van der Waals surface area contributed by atoms with E-state index >= 15 is 0 Å². The Labute approximate surface area is 119 Å². The monoisotopic (exact) mass is 296 g/mol. The van der Waals surface area contributed by atoms with Crippen molar-refractivity contribution in [3.63, 3.8) is 0 Å². The zero-order chi connectivity index (χ0) is 14.0. The molecule has 1 unspecified atom stereocenters. The van der Waals surface area contributed by atoms with Crippen LogP contribution in [0.5, 0.6) is 5.75 Å². The van der Waals surface area contributed by atoms with Crippen LogP contribution in [0.4, 0.5) is 0 Å². The molecule has 0 heterocycles. The molecule has 3 nitrogen and oxygen atoms in total. The Kier molecular flexibility index (Phi) is 4.24. The van der Waals surface area contributed by atoms with Crippen molar-refractivity contribution in [2.45, 2.75) is 11.8 Å². The molecule has 1 N–H and O–H groups in total. The number of halogens is 1. The fraction of sp³-hybridized carbons (Fsp3) is 0.143. The first-order valence-corrected chi connectivity index (χ1v) is 7.07. The SMILES string of the molecule is COc1cccc(Cl)c1-c1ccc(S(=O)O)cc1C. The van der Waals surface area contributed by atoms with Gasteiger partial charge in [0.25, 0.3) is 0 Å². The molecular formula is C14H13ClO3S. The summed E-state index contributed by atoms with van der Waals surface area (Å²) < 4.78 is 25.5. The average molecular weight is 297 g/mol. The molecule has 0 aliphatic rings. The van der Waals surface area contributed by atoms with Crippen molar-refractivity contribution in [3.8, 4) is 16.9 Å². The lowest BCUT2D eigenvalue weighted by Gasteiger charge is -2.13. The van der Waals surface area contributed by atoms with Crippen LogP contribution >= 0.6 is 11.6 Å². The highest BCUT2D eigenvalue weighted by Gasteiger charge is 2.13. The number of methoxy groups -OCH3 is 1. The van der Waals surface area contributed by atoms with Crippen molar-refractivity contribution in [3.05, 3.63) is 47.0 Å². The van der Waals surface area contributed by atoms with E-state index in [-0.39, 0.29) is 0 Å². The predicted molar refractivity (Wildman–Crippen MR) is 77.2 cm³/mol. The van der Waals surface area contributed by atoms with Gasteiger partial charge in [0, 0.05) is 5.56 Å². The minimum absolute atomic E-state index is 0.368. The summed E-state index contributed by atoms with van der Waals surface area (Å²) in [5.74, 6) is 0.675. The second-order valence-electron chi connectivity index (χ2n) is 4.04. The Bertz CT molecular complexity index is 641. The third-order valence-electron chi connectivity index (χ3n) is 2.86. The Balaban J connectivity index is 2.63. The van der Waals surface area contributed by atoms with E-state index in [0.717, 1.165) is 16.7 Å². The summed E-state index contributed by atoms with van der Waals surface area (Å²) in [4.78, 5) is 0.368. The van der Waals surface area contributed by atoms with Gasteiger partial charge in [-0.2, -0.15) is 0 Å². The lowest BCUT2D eigenvalue weighted by molar-refractivity contribution is 0.416. The van der Waals surface area contributed by atoms with Crippen LogP contribution in [0, 0.1) is 6.92 Å². The molecule has 0 aliphatic carbocycles. The number of benzene rings is 2. The molecule has 0 radical (unpaired) electrons. The molecule has 2 aromatic carbocycles. The van der Waals surface area contributed by atoms with Crippen LogP contribution in [-0.2, 0) is 11.1 Å². The number of rotatable bonds is 3. The normalized spacial score (nSPS) is 12.2. The summed E-state index contributed by atoms with van der Waals surface area (Å²) in [6, 6.07) is 10.5. The lowest BCUT2D eigenvalue weighted by Crippen LogP contribution is -1.94. The quantitative estimate of drug-likeness (QED) is 0.874. The molecule has 0 spiro atoms. The molecule has 0 fully saturated rings. The van der Waals surface area contributed by atoms with Crippen molar-refractivity contribution in [1.29, 1.82) is 0 Å². The van der Waals surface area contributed by atoms with Crippen LogP contribution < -0.4 is 4.74 Å². The molecule has 100 valence electrons. The van der Waals surface area contributed by atoms with Crippen molar-refractivity contribution in [1.82, 2.24) is 0 Å². The van der Waals surface area contributed by atoms with Crippen LogP contribution in [0.3, 0.4) is 0 Å². The average Bonchev–Trinajstić information content (AvgIpc) is 2.38. The van der Waals surface area contributed by atoms with E-state index in [9.17, 15) is 4.21 Å². The van der Waals surface area contributed by atoms with Crippen molar-refractivity contribution < 1.29 is 13.5 Å². The molecule has 1 atom stereocenters. The molecule has 0 saturated heterocycles. The smallest absolute Gasteiger partial charge is 0.186 e. The fourth-order valence-corrected chi connectivity index (χ4v) is 2.69. The predicted octanol–water partition coefficient (Wildman–Crippen LogP) is 3.90. The van der Waals surface area contributed by atoms with Gasteiger partial charge >= 0.3 is 0 Å². The number of hydrogen-bond acceptors (Lipinski definition) is 2. The maximum Gasteiger partial charge on any atom is 0.186 e. The maximum atomic E-state index is 11.1. The van der Waals surface area contributed by atoms with Gasteiger partial charge < -0.3 is 9.29 Å². The first kappa shape index (κ1) is 14.1. The standard InChI is InChI=1S/C14H13ClO3S/c1-9-8-10(19(16)17)6-7-11(9)14-12(15)4-3-5-13(14)18-2/h3-8H,1-2H3,(H,16,17). The largest absolute Gasteiger partial charge is 0.496 e. The number of hydrogen-bond donors (Lipinski definition) is 1. The highest BCUT2D eigenvalue weighted by atomic mass is 35.5. The summed E-state index contributed by atoms with van der Waals surface area (Å²) in [6.07, 6.45) is 0. The first-order valence-electron chi connectivity index (χ1n) is 5.59. The van der Waals surface area contributed by atoms with Crippen LogP contribution in [-0.4, -0.2) is 15.9 Å². The number of aryl methyl sites for hydroxylation is 1. The lowest BCUT2D eigenvalue weighted by atomic mass is 10.00. The fourth-order valence-electron chi connectivity index (χ4n) is 1.96. The Hall–Kier alpha value is -1.36. The van der Waals surface area contributed by atoms with E-state index in [4.69, 9.17) is 20.9 Å². The second-order valence-corrected chi connectivity index (χ2v) is 5.42. The van der Waals surface area contributed by atoms with Gasteiger partial charge in [-0.1, -0.05) is 23.7 Å². The molecule has 0 saturated carbocycles. The molecule has 0 aliphatic heterocycles. The second kappa shape index (κ2) is 5.74. The van der Waals surface area contributed by atoms with Gasteiger partial charge in [-0.25, -0.2) is 4.21 Å². The molecule has 19 heavy (non-hydrogen) atoms. The van der Waals surface area contributed by atoms with Crippen molar-refractivity contribution in [2.75, 3.05) is 7.11 Å². The van der Waals surface area contributed by atoms with E-state index in [1.807, 2.05) is 19.1 Å². The molecular weight excluding hydrogens is 284 g/mol. The van der Waals surface area contributed by atoms with Gasteiger partial charge in [0.15, 0.2) is 11.1 Å². The van der Waals surface area contributed by atoms with Crippen molar-refractivity contribution in [2.24, 2.45) is 0 Å². The van der Waals surface area contributed by atoms with Crippen LogP contribution in [0.25, 0.3) is 11.1 Å². The van der Waals surface area contributed by atoms with Gasteiger partial charge in [-0.3, -0.25) is 0 Å². The summed E-state index contributed by atoms with van der Waals surface area (Å²) in [5, 5.41) is 0.584. The maximum absolute atomic E-state index is 11.1. The number of ether oxygens (including phenoxy) is 1. The zero-order valence-corrected chi connectivity index (χ0v) is 12.1. The highest BCUT2D eigenvalue weighted by Crippen LogP contribution is 2.38. The Morgan fingerprint density at radius 2 is 2.00 bits per heavy atom. The van der Waals surface area contributed by atoms with Gasteiger partial charge in [-0.15, -0.1) is 0 Å². The van der Waals surface area contributed by atoms with E-state index in [2.05, 4.69) is 0 Å². The molecule has 0 amide bonds. The van der Waals surface area contributed by atoms with Gasteiger partial charge in [0.1, 0.15) is 5.75 Å². The van der Waals surface area contributed by atoms with Gasteiger partial charge in [0.05, 0.1) is 17.0 Å². The summed E-state index contributed by atoms with van der Waals surface area (Å²) >= 11 is 4.25. The Morgan fingerprint density at radius 3 is 2.58 bits per heavy atom.